The van der Waals surface area contributed by atoms with E-state index >= 15 is 0 Å². The number of aliphatic hydroxyl groups is 1. The van der Waals surface area contributed by atoms with Crippen LogP contribution in [0.2, 0.25) is 0 Å². The van der Waals surface area contributed by atoms with Crippen molar-refractivity contribution in [1.82, 2.24) is 0 Å². The first-order chi connectivity index (χ1) is 6.70. The molecule has 0 aromatic rings. The predicted octanol–water partition coefficient (Wildman–Crippen LogP) is 3.60. The summed E-state index contributed by atoms with van der Waals surface area (Å²) in [5, 5.41) is 11.0. The molecule has 0 spiro atoms. The van der Waals surface area contributed by atoms with E-state index in [2.05, 4.69) is 13.8 Å². The quantitative estimate of drug-likeness (QED) is 0.757. The van der Waals surface area contributed by atoms with Gasteiger partial charge in [0.05, 0.1) is 5.60 Å². The molecular formula is C12H24OS. The van der Waals surface area contributed by atoms with Gasteiger partial charge in [0.25, 0.3) is 0 Å². The van der Waals surface area contributed by atoms with E-state index in [-0.39, 0.29) is 0 Å². The van der Waals surface area contributed by atoms with E-state index in [1.165, 1.54) is 32.1 Å². The van der Waals surface area contributed by atoms with Crippen LogP contribution in [0.3, 0.4) is 0 Å². The lowest BCUT2D eigenvalue weighted by atomic mass is 10.00. The molecule has 0 atom stereocenters. The first kappa shape index (κ1) is 12.4. The second-order valence-electron chi connectivity index (χ2n) is 4.50. The van der Waals surface area contributed by atoms with Gasteiger partial charge in [-0.3, -0.25) is 0 Å². The molecule has 1 fully saturated rings. The maximum atomic E-state index is 10.1. The first-order valence-corrected chi connectivity index (χ1v) is 7.09. The van der Waals surface area contributed by atoms with Crippen LogP contribution in [0.5, 0.6) is 0 Å². The topological polar surface area (TPSA) is 20.2 Å². The van der Waals surface area contributed by atoms with Crippen LogP contribution in [-0.4, -0.2) is 21.7 Å². The van der Waals surface area contributed by atoms with Crippen LogP contribution in [0.25, 0.3) is 0 Å². The van der Waals surface area contributed by atoms with Crippen molar-refractivity contribution in [1.29, 1.82) is 0 Å². The van der Waals surface area contributed by atoms with Gasteiger partial charge in [0, 0.05) is 11.0 Å². The Hall–Kier alpha value is 0.310. The summed E-state index contributed by atoms with van der Waals surface area (Å²) in [4.78, 5) is 0. The lowest BCUT2D eigenvalue weighted by Crippen LogP contribution is -2.31. The summed E-state index contributed by atoms with van der Waals surface area (Å²) in [6.07, 6.45) is 8.74. The summed E-state index contributed by atoms with van der Waals surface area (Å²) in [7, 11) is 0. The molecule has 0 unspecified atom stereocenters. The highest BCUT2D eigenvalue weighted by Crippen LogP contribution is 2.31. The fraction of sp³-hybridized carbons (Fsp3) is 1.00. The van der Waals surface area contributed by atoms with Crippen molar-refractivity contribution in [2.24, 2.45) is 0 Å². The minimum Gasteiger partial charge on any atom is -0.389 e. The molecule has 0 heterocycles. The molecule has 1 aliphatic rings. The van der Waals surface area contributed by atoms with Crippen molar-refractivity contribution in [3.8, 4) is 0 Å². The van der Waals surface area contributed by atoms with Crippen LogP contribution in [0.15, 0.2) is 0 Å². The summed E-state index contributed by atoms with van der Waals surface area (Å²) in [5.41, 5.74) is -0.401. The molecule has 0 aromatic carbocycles. The maximum Gasteiger partial charge on any atom is 0.0732 e. The summed E-state index contributed by atoms with van der Waals surface area (Å²) in [5.74, 6) is 0.935. The van der Waals surface area contributed by atoms with E-state index in [0.29, 0.717) is 0 Å². The summed E-state index contributed by atoms with van der Waals surface area (Å²) < 4.78 is 0. The van der Waals surface area contributed by atoms with Gasteiger partial charge in [-0.25, -0.2) is 0 Å². The molecule has 2 heteroatoms. The average Bonchev–Trinajstić information content (AvgIpc) is 2.27. The van der Waals surface area contributed by atoms with Gasteiger partial charge in [0.15, 0.2) is 0 Å². The van der Waals surface area contributed by atoms with Crippen molar-refractivity contribution < 1.29 is 5.11 Å². The molecule has 14 heavy (non-hydrogen) atoms. The second-order valence-corrected chi connectivity index (χ2v) is 5.79. The molecule has 0 radical (unpaired) electrons. The monoisotopic (exact) mass is 216 g/mol. The lowest BCUT2D eigenvalue weighted by Gasteiger charge is -2.28. The number of thioether (sulfide) groups is 1. The molecule has 1 rings (SSSR count). The predicted molar refractivity (Wildman–Crippen MR) is 64.9 cm³/mol. The Kier molecular flexibility index (Phi) is 5.32. The molecule has 1 nitrogen and oxygen atoms in total. The molecule has 0 aliphatic heterocycles. The average molecular weight is 216 g/mol. The van der Waals surface area contributed by atoms with Gasteiger partial charge in [0.1, 0.15) is 0 Å². The van der Waals surface area contributed by atoms with Crippen molar-refractivity contribution in [2.45, 2.75) is 69.6 Å². The molecule has 0 saturated heterocycles. The van der Waals surface area contributed by atoms with E-state index in [9.17, 15) is 5.11 Å². The Labute approximate surface area is 92.7 Å². The number of rotatable bonds is 5. The van der Waals surface area contributed by atoms with E-state index in [1.54, 1.807) is 0 Å². The van der Waals surface area contributed by atoms with Gasteiger partial charge in [0.2, 0.25) is 0 Å². The third kappa shape index (κ3) is 3.82. The standard InChI is InChI=1S/C12H24OS/c1-3-12(13,4-2)10-14-11-8-6-5-7-9-11/h11,13H,3-10H2,1-2H3. The fourth-order valence-electron chi connectivity index (χ4n) is 1.96. The second kappa shape index (κ2) is 6.02. The van der Waals surface area contributed by atoms with E-state index in [4.69, 9.17) is 0 Å². The Morgan fingerprint density at radius 1 is 1.14 bits per heavy atom. The zero-order valence-corrected chi connectivity index (χ0v) is 10.4. The zero-order valence-electron chi connectivity index (χ0n) is 9.59. The van der Waals surface area contributed by atoms with E-state index in [1.807, 2.05) is 11.8 Å². The van der Waals surface area contributed by atoms with Crippen molar-refractivity contribution in [3.63, 3.8) is 0 Å². The van der Waals surface area contributed by atoms with Gasteiger partial charge in [-0.05, 0) is 25.7 Å². The van der Waals surface area contributed by atoms with E-state index in [0.717, 1.165) is 23.8 Å². The van der Waals surface area contributed by atoms with Crippen LogP contribution in [-0.2, 0) is 0 Å². The first-order valence-electron chi connectivity index (χ1n) is 6.04. The third-order valence-electron chi connectivity index (χ3n) is 3.46. The van der Waals surface area contributed by atoms with Gasteiger partial charge in [-0.15, -0.1) is 0 Å². The number of hydrogen-bond acceptors (Lipinski definition) is 2. The van der Waals surface area contributed by atoms with Gasteiger partial charge in [-0.1, -0.05) is 33.1 Å². The Morgan fingerprint density at radius 2 is 1.71 bits per heavy atom. The van der Waals surface area contributed by atoms with Crippen molar-refractivity contribution in [2.75, 3.05) is 5.75 Å². The molecule has 0 amide bonds. The molecular weight excluding hydrogens is 192 g/mol. The van der Waals surface area contributed by atoms with Crippen LogP contribution < -0.4 is 0 Å². The normalized spacial score (nSPS) is 19.9. The molecule has 0 aromatic heterocycles. The van der Waals surface area contributed by atoms with Crippen LogP contribution in [0, 0.1) is 0 Å². The molecule has 1 aliphatic carbocycles. The summed E-state index contributed by atoms with van der Waals surface area (Å²) in [6.45, 7) is 4.18. The fourth-order valence-corrected chi connectivity index (χ4v) is 3.58. The maximum absolute atomic E-state index is 10.1. The third-order valence-corrected chi connectivity index (χ3v) is 5.10. The SMILES string of the molecule is CCC(O)(CC)CSC1CCCCC1. The smallest absolute Gasteiger partial charge is 0.0732 e. The van der Waals surface area contributed by atoms with Crippen LogP contribution in [0.4, 0.5) is 0 Å². The minimum absolute atomic E-state index is 0.401. The Morgan fingerprint density at radius 3 is 2.21 bits per heavy atom. The highest BCUT2D eigenvalue weighted by Gasteiger charge is 2.24. The molecule has 0 bridgehead atoms. The highest BCUT2D eigenvalue weighted by atomic mass is 32.2. The Bertz CT molecular complexity index is 148. The van der Waals surface area contributed by atoms with Gasteiger partial charge >= 0.3 is 0 Å². The van der Waals surface area contributed by atoms with E-state index < -0.39 is 5.60 Å². The lowest BCUT2D eigenvalue weighted by molar-refractivity contribution is 0.0570. The van der Waals surface area contributed by atoms with Gasteiger partial charge < -0.3 is 5.11 Å². The van der Waals surface area contributed by atoms with Crippen molar-refractivity contribution in [3.05, 3.63) is 0 Å². The zero-order chi connectivity index (χ0) is 10.4. The largest absolute Gasteiger partial charge is 0.389 e. The van der Waals surface area contributed by atoms with Crippen LogP contribution >= 0.6 is 11.8 Å². The summed E-state index contributed by atoms with van der Waals surface area (Å²) in [6, 6.07) is 0. The summed E-state index contributed by atoms with van der Waals surface area (Å²) >= 11 is 2.00. The van der Waals surface area contributed by atoms with Gasteiger partial charge in [-0.2, -0.15) is 11.8 Å². The molecule has 84 valence electrons. The van der Waals surface area contributed by atoms with Crippen LogP contribution in [0.1, 0.15) is 58.8 Å². The highest BCUT2D eigenvalue weighted by molar-refractivity contribution is 7.99. The minimum atomic E-state index is -0.401. The van der Waals surface area contributed by atoms with Crippen molar-refractivity contribution >= 4 is 11.8 Å². The Balaban J connectivity index is 2.23. The number of hydrogen-bond donors (Lipinski definition) is 1. The molecule has 1 saturated carbocycles. The molecule has 1 N–H and O–H groups in total.